The van der Waals surface area contributed by atoms with E-state index in [4.69, 9.17) is 11.6 Å². The first-order chi connectivity index (χ1) is 10.5. The molecule has 0 radical (unpaired) electrons. The molecule has 7 heteroatoms. The van der Waals surface area contributed by atoms with Gasteiger partial charge in [0, 0.05) is 9.90 Å². The summed E-state index contributed by atoms with van der Waals surface area (Å²) in [5, 5.41) is 4.68. The summed E-state index contributed by atoms with van der Waals surface area (Å²) in [4.78, 5) is 24.5. The van der Waals surface area contributed by atoms with Crippen molar-refractivity contribution in [2.24, 2.45) is 0 Å². The molecule has 1 amide bonds. The highest BCUT2D eigenvalue weighted by molar-refractivity contribution is 7.10. The van der Waals surface area contributed by atoms with Gasteiger partial charge in [-0.05, 0) is 29.6 Å². The lowest BCUT2D eigenvalue weighted by molar-refractivity contribution is -0.141. The van der Waals surface area contributed by atoms with E-state index in [0.717, 1.165) is 10.9 Å². The third kappa shape index (κ3) is 4.05. The zero-order chi connectivity index (χ0) is 16.1. The lowest BCUT2D eigenvalue weighted by Crippen LogP contribution is -2.30. The molecule has 0 fully saturated rings. The van der Waals surface area contributed by atoms with E-state index in [9.17, 15) is 14.0 Å². The number of amides is 1. The number of esters is 1. The Kier molecular flexibility index (Phi) is 5.51. The molecule has 0 saturated heterocycles. The van der Waals surface area contributed by atoms with Crippen molar-refractivity contribution in [1.82, 2.24) is 5.32 Å². The van der Waals surface area contributed by atoms with Crippen molar-refractivity contribution < 1.29 is 18.7 Å². The van der Waals surface area contributed by atoms with Gasteiger partial charge in [-0.3, -0.25) is 9.59 Å². The molecule has 0 aliphatic heterocycles. The number of benzene rings is 1. The molecule has 1 aromatic carbocycles. The fourth-order valence-electron chi connectivity index (χ4n) is 1.87. The van der Waals surface area contributed by atoms with E-state index >= 15 is 0 Å². The number of thiophene rings is 1. The van der Waals surface area contributed by atoms with Gasteiger partial charge in [-0.25, -0.2) is 4.39 Å². The number of carbonyl (C=O) groups is 2. The van der Waals surface area contributed by atoms with Gasteiger partial charge in [-0.2, -0.15) is 0 Å². The Labute approximate surface area is 135 Å². The molecule has 116 valence electrons. The predicted octanol–water partition coefficient (Wildman–Crippen LogP) is 3.57. The number of rotatable bonds is 5. The van der Waals surface area contributed by atoms with Crippen molar-refractivity contribution in [3.63, 3.8) is 0 Å². The van der Waals surface area contributed by atoms with E-state index in [1.807, 2.05) is 5.38 Å². The number of halogens is 2. The summed E-state index contributed by atoms with van der Waals surface area (Å²) in [6, 6.07) is 6.82. The molecule has 0 spiro atoms. The normalized spacial score (nSPS) is 11.8. The molecule has 2 rings (SSSR count). The Bertz CT molecular complexity index is 675. The van der Waals surface area contributed by atoms with Crippen LogP contribution in [0.25, 0.3) is 0 Å². The minimum Gasteiger partial charge on any atom is -0.469 e. The highest BCUT2D eigenvalue weighted by atomic mass is 35.5. The Balaban J connectivity index is 2.19. The number of hydrogen-bond acceptors (Lipinski definition) is 4. The van der Waals surface area contributed by atoms with Gasteiger partial charge in [-0.1, -0.05) is 17.7 Å². The van der Waals surface area contributed by atoms with E-state index in [1.54, 1.807) is 12.1 Å². The van der Waals surface area contributed by atoms with Gasteiger partial charge < -0.3 is 10.1 Å². The molecule has 1 N–H and O–H groups in total. The van der Waals surface area contributed by atoms with E-state index < -0.39 is 23.7 Å². The first-order valence-electron chi connectivity index (χ1n) is 6.37. The van der Waals surface area contributed by atoms with Crippen LogP contribution in [0, 0.1) is 5.82 Å². The Hall–Kier alpha value is -1.92. The summed E-state index contributed by atoms with van der Waals surface area (Å²) < 4.78 is 18.4. The summed E-state index contributed by atoms with van der Waals surface area (Å²) in [6.45, 7) is 0. The molecule has 1 atom stereocenters. The van der Waals surface area contributed by atoms with E-state index in [0.29, 0.717) is 0 Å². The average molecular weight is 342 g/mol. The maximum Gasteiger partial charge on any atom is 0.307 e. The standard InChI is InChI=1S/C15H13ClFNO3S/c1-21-14(19)8-12(13-3-2-6-22-13)18-15(20)10-5-4-9(16)7-11(10)17/h2-7,12H,8H2,1H3,(H,18,20)/t12-/m1/s1. The number of nitrogens with one attached hydrogen (secondary N) is 1. The number of hydrogen-bond donors (Lipinski definition) is 1. The summed E-state index contributed by atoms with van der Waals surface area (Å²) in [7, 11) is 1.27. The van der Waals surface area contributed by atoms with Crippen LogP contribution >= 0.6 is 22.9 Å². The van der Waals surface area contributed by atoms with Crippen molar-refractivity contribution in [2.45, 2.75) is 12.5 Å². The minimum atomic E-state index is -0.715. The fourth-order valence-corrected chi connectivity index (χ4v) is 2.81. The molecular weight excluding hydrogens is 329 g/mol. The number of carbonyl (C=O) groups excluding carboxylic acids is 2. The summed E-state index contributed by atoms with van der Waals surface area (Å²) in [6.07, 6.45) is -0.0298. The Morgan fingerprint density at radius 2 is 2.18 bits per heavy atom. The van der Waals surface area contributed by atoms with Crippen LogP contribution < -0.4 is 5.32 Å². The van der Waals surface area contributed by atoms with Crippen LogP contribution in [0.3, 0.4) is 0 Å². The second-order valence-electron chi connectivity index (χ2n) is 4.45. The third-order valence-corrected chi connectivity index (χ3v) is 4.19. The van der Waals surface area contributed by atoms with Gasteiger partial charge >= 0.3 is 5.97 Å². The van der Waals surface area contributed by atoms with Gasteiger partial charge in [-0.15, -0.1) is 11.3 Å². The highest BCUT2D eigenvalue weighted by Crippen LogP contribution is 2.23. The van der Waals surface area contributed by atoms with Gasteiger partial charge in [0.25, 0.3) is 5.91 Å². The van der Waals surface area contributed by atoms with Gasteiger partial charge in [0.15, 0.2) is 0 Å². The molecule has 0 aliphatic rings. The Morgan fingerprint density at radius 1 is 1.41 bits per heavy atom. The van der Waals surface area contributed by atoms with Crippen molar-refractivity contribution in [1.29, 1.82) is 0 Å². The maximum atomic E-state index is 13.8. The second-order valence-corrected chi connectivity index (χ2v) is 5.86. The minimum absolute atomic E-state index is 0.0298. The predicted molar refractivity (Wildman–Crippen MR) is 82.6 cm³/mol. The summed E-state index contributed by atoms with van der Waals surface area (Å²) in [5.74, 6) is -1.79. The highest BCUT2D eigenvalue weighted by Gasteiger charge is 2.22. The molecule has 1 aromatic heterocycles. The quantitative estimate of drug-likeness (QED) is 0.846. The topological polar surface area (TPSA) is 55.4 Å². The molecular formula is C15H13ClFNO3S. The molecule has 2 aromatic rings. The zero-order valence-corrected chi connectivity index (χ0v) is 13.2. The molecule has 0 unspecified atom stereocenters. The largest absolute Gasteiger partial charge is 0.469 e. The van der Waals surface area contributed by atoms with Crippen LogP contribution in [0.5, 0.6) is 0 Å². The molecule has 4 nitrogen and oxygen atoms in total. The summed E-state index contributed by atoms with van der Waals surface area (Å²) >= 11 is 7.05. The second kappa shape index (κ2) is 7.38. The monoisotopic (exact) mass is 341 g/mol. The molecule has 0 saturated carbocycles. The fraction of sp³-hybridized carbons (Fsp3) is 0.200. The van der Waals surface area contributed by atoms with E-state index in [-0.39, 0.29) is 17.0 Å². The molecule has 1 heterocycles. The Morgan fingerprint density at radius 3 is 2.77 bits per heavy atom. The smallest absolute Gasteiger partial charge is 0.307 e. The van der Waals surface area contributed by atoms with Gasteiger partial charge in [0.1, 0.15) is 5.82 Å². The van der Waals surface area contributed by atoms with Crippen LogP contribution in [-0.2, 0) is 9.53 Å². The van der Waals surface area contributed by atoms with Crippen LogP contribution in [0.2, 0.25) is 5.02 Å². The van der Waals surface area contributed by atoms with Crippen molar-refractivity contribution >= 4 is 34.8 Å². The average Bonchev–Trinajstić information content (AvgIpc) is 3.00. The number of ether oxygens (including phenoxy) is 1. The van der Waals surface area contributed by atoms with E-state index in [2.05, 4.69) is 10.1 Å². The first-order valence-corrected chi connectivity index (χ1v) is 7.63. The molecule has 22 heavy (non-hydrogen) atoms. The lowest BCUT2D eigenvalue weighted by atomic mass is 10.1. The van der Waals surface area contributed by atoms with Crippen LogP contribution in [0.1, 0.15) is 27.7 Å². The van der Waals surface area contributed by atoms with Crippen LogP contribution in [-0.4, -0.2) is 19.0 Å². The van der Waals surface area contributed by atoms with E-state index in [1.165, 1.54) is 30.6 Å². The number of methoxy groups -OCH3 is 1. The maximum absolute atomic E-state index is 13.8. The summed E-state index contributed by atoms with van der Waals surface area (Å²) in [5.41, 5.74) is -0.129. The lowest BCUT2D eigenvalue weighted by Gasteiger charge is -2.16. The zero-order valence-electron chi connectivity index (χ0n) is 11.6. The van der Waals surface area contributed by atoms with Crippen molar-refractivity contribution in [3.05, 3.63) is 57.0 Å². The molecule has 0 aliphatic carbocycles. The van der Waals surface area contributed by atoms with Crippen molar-refractivity contribution in [3.8, 4) is 0 Å². The van der Waals surface area contributed by atoms with Crippen molar-refractivity contribution in [2.75, 3.05) is 7.11 Å². The molecule has 0 bridgehead atoms. The van der Waals surface area contributed by atoms with Gasteiger partial charge in [0.2, 0.25) is 0 Å². The SMILES string of the molecule is COC(=O)C[C@@H](NC(=O)c1ccc(Cl)cc1F)c1cccs1. The first kappa shape index (κ1) is 16.5. The van der Waals surface area contributed by atoms with Gasteiger partial charge in [0.05, 0.1) is 25.1 Å². The van der Waals surface area contributed by atoms with Crippen LogP contribution in [0.4, 0.5) is 4.39 Å². The van der Waals surface area contributed by atoms with Crippen LogP contribution in [0.15, 0.2) is 35.7 Å². The third-order valence-electron chi connectivity index (χ3n) is 2.97.